The maximum Gasteiger partial charge on any atom is 0.336 e. The lowest BCUT2D eigenvalue weighted by atomic mass is 10.1. The molecule has 5 nitrogen and oxygen atoms in total. The number of ether oxygens (including phenoxy) is 1. The van der Waals surface area contributed by atoms with Gasteiger partial charge in [0.2, 0.25) is 0 Å². The van der Waals surface area contributed by atoms with E-state index in [0.29, 0.717) is 22.0 Å². The molecule has 1 atom stereocenters. The van der Waals surface area contributed by atoms with Crippen molar-refractivity contribution in [2.45, 2.75) is 26.9 Å². The van der Waals surface area contributed by atoms with Crippen molar-refractivity contribution in [1.29, 1.82) is 0 Å². The van der Waals surface area contributed by atoms with Crippen LogP contribution in [0.4, 0.5) is 5.69 Å². The molecule has 2 aromatic rings. The van der Waals surface area contributed by atoms with Gasteiger partial charge in [0.05, 0.1) is 5.56 Å². The van der Waals surface area contributed by atoms with Crippen LogP contribution < -0.4 is 10.1 Å². The second kappa shape index (κ2) is 7.36. The summed E-state index contributed by atoms with van der Waals surface area (Å²) in [5.74, 6) is -0.835. The Morgan fingerprint density at radius 3 is 2.54 bits per heavy atom. The SMILES string of the molecule is Cc1cc(Cl)ccc1OC(C)C(=O)Nc1cccc(C(=O)O)c1C. The summed E-state index contributed by atoms with van der Waals surface area (Å²) in [7, 11) is 0. The van der Waals surface area contributed by atoms with E-state index >= 15 is 0 Å². The third-order valence-corrected chi connectivity index (χ3v) is 3.87. The number of amides is 1. The Kier molecular flexibility index (Phi) is 5.46. The first kappa shape index (κ1) is 17.8. The lowest BCUT2D eigenvalue weighted by molar-refractivity contribution is -0.122. The van der Waals surface area contributed by atoms with Crippen molar-refractivity contribution in [1.82, 2.24) is 0 Å². The van der Waals surface area contributed by atoms with Crippen LogP contribution in [-0.2, 0) is 4.79 Å². The van der Waals surface area contributed by atoms with Gasteiger partial charge in [0.25, 0.3) is 5.91 Å². The number of anilines is 1. The van der Waals surface area contributed by atoms with Gasteiger partial charge in [0, 0.05) is 10.7 Å². The van der Waals surface area contributed by atoms with E-state index in [2.05, 4.69) is 5.32 Å². The largest absolute Gasteiger partial charge is 0.481 e. The molecule has 0 spiro atoms. The van der Waals surface area contributed by atoms with Crippen molar-refractivity contribution < 1.29 is 19.4 Å². The first-order valence-electron chi connectivity index (χ1n) is 7.36. The summed E-state index contributed by atoms with van der Waals surface area (Å²) in [5.41, 5.74) is 1.91. The van der Waals surface area contributed by atoms with Gasteiger partial charge in [-0.2, -0.15) is 0 Å². The highest BCUT2D eigenvalue weighted by atomic mass is 35.5. The zero-order valence-corrected chi connectivity index (χ0v) is 14.3. The molecule has 2 aromatic carbocycles. The minimum absolute atomic E-state index is 0.148. The number of carboxylic acids is 1. The molecule has 0 aliphatic heterocycles. The van der Waals surface area contributed by atoms with Crippen molar-refractivity contribution >= 4 is 29.2 Å². The van der Waals surface area contributed by atoms with Crippen LogP contribution in [-0.4, -0.2) is 23.1 Å². The number of rotatable bonds is 5. The van der Waals surface area contributed by atoms with E-state index < -0.39 is 12.1 Å². The first-order valence-corrected chi connectivity index (χ1v) is 7.74. The number of nitrogens with one attached hydrogen (secondary N) is 1. The maximum absolute atomic E-state index is 12.3. The van der Waals surface area contributed by atoms with Crippen LogP contribution in [0, 0.1) is 13.8 Å². The number of carbonyl (C=O) groups is 2. The molecule has 0 radical (unpaired) electrons. The number of hydrogen-bond acceptors (Lipinski definition) is 3. The number of carbonyl (C=O) groups excluding carboxylic acids is 1. The zero-order chi connectivity index (χ0) is 17.9. The van der Waals surface area contributed by atoms with E-state index in [-0.39, 0.29) is 11.5 Å². The predicted molar refractivity (Wildman–Crippen MR) is 93.0 cm³/mol. The van der Waals surface area contributed by atoms with E-state index in [4.69, 9.17) is 21.4 Å². The van der Waals surface area contributed by atoms with Gasteiger partial charge < -0.3 is 15.2 Å². The lowest BCUT2D eigenvalue weighted by Gasteiger charge is -2.17. The minimum atomic E-state index is -1.04. The monoisotopic (exact) mass is 347 g/mol. The van der Waals surface area contributed by atoms with Crippen molar-refractivity contribution in [3.8, 4) is 5.75 Å². The molecule has 0 saturated carbocycles. The van der Waals surface area contributed by atoms with Crippen molar-refractivity contribution in [3.63, 3.8) is 0 Å². The second-order valence-corrected chi connectivity index (χ2v) is 5.88. The number of hydrogen-bond donors (Lipinski definition) is 2. The summed E-state index contributed by atoms with van der Waals surface area (Å²) >= 11 is 5.90. The van der Waals surface area contributed by atoms with Crippen LogP contribution in [0.5, 0.6) is 5.75 Å². The van der Waals surface area contributed by atoms with Crippen LogP contribution in [0.1, 0.15) is 28.4 Å². The molecular weight excluding hydrogens is 330 g/mol. The molecule has 0 aromatic heterocycles. The number of carboxylic acid groups (broad SMARTS) is 1. The average molecular weight is 348 g/mol. The van der Waals surface area contributed by atoms with Gasteiger partial charge >= 0.3 is 5.97 Å². The van der Waals surface area contributed by atoms with Gasteiger partial charge in [-0.1, -0.05) is 17.7 Å². The van der Waals surface area contributed by atoms with Crippen LogP contribution in [0.2, 0.25) is 5.02 Å². The Bertz CT molecular complexity index is 789. The van der Waals surface area contributed by atoms with Gasteiger partial charge in [-0.05, 0) is 62.2 Å². The van der Waals surface area contributed by atoms with E-state index in [1.54, 1.807) is 44.2 Å². The number of halogens is 1. The summed E-state index contributed by atoms with van der Waals surface area (Å²) in [5, 5.41) is 12.4. The van der Waals surface area contributed by atoms with E-state index in [1.807, 2.05) is 6.92 Å². The van der Waals surface area contributed by atoms with Crippen LogP contribution in [0.15, 0.2) is 36.4 Å². The molecule has 0 bridgehead atoms. The van der Waals surface area contributed by atoms with Crippen molar-refractivity contribution in [3.05, 3.63) is 58.1 Å². The smallest absolute Gasteiger partial charge is 0.336 e. The maximum atomic E-state index is 12.3. The fraction of sp³-hybridized carbons (Fsp3) is 0.222. The van der Waals surface area contributed by atoms with Crippen LogP contribution >= 0.6 is 11.6 Å². The van der Waals surface area contributed by atoms with Crippen molar-refractivity contribution in [2.24, 2.45) is 0 Å². The molecule has 6 heteroatoms. The Morgan fingerprint density at radius 1 is 1.21 bits per heavy atom. The van der Waals surface area contributed by atoms with Gasteiger partial charge in [0.15, 0.2) is 6.10 Å². The summed E-state index contributed by atoms with van der Waals surface area (Å²) in [6.07, 6.45) is -0.752. The number of benzene rings is 2. The zero-order valence-electron chi connectivity index (χ0n) is 13.6. The minimum Gasteiger partial charge on any atom is -0.481 e. The molecule has 2 N–H and O–H groups in total. The number of aryl methyl sites for hydroxylation is 1. The molecule has 126 valence electrons. The van der Waals surface area contributed by atoms with E-state index in [0.717, 1.165) is 5.56 Å². The Labute approximate surface area is 145 Å². The topological polar surface area (TPSA) is 75.6 Å². The molecule has 0 aliphatic rings. The van der Waals surface area contributed by atoms with Crippen LogP contribution in [0.25, 0.3) is 0 Å². The highest BCUT2D eigenvalue weighted by molar-refractivity contribution is 6.30. The Balaban J connectivity index is 2.12. The summed E-state index contributed by atoms with van der Waals surface area (Å²) in [6, 6.07) is 9.87. The standard InChI is InChI=1S/C18H18ClNO4/c1-10-9-13(19)7-8-16(10)24-12(3)17(21)20-15-6-4-5-14(11(15)2)18(22)23/h4-9,12H,1-3H3,(H,20,21)(H,22,23). The molecule has 0 fully saturated rings. The molecule has 24 heavy (non-hydrogen) atoms. The molecule has 0 aliphatic carbocycles. The fourth-order valence-electron chi connectivity index (χ4n) is 2.23. The van der Waals surface area contributed by atoms with Gasteiger partial charge in [-0.3, -0.25) is 4.79 Å². The van der Waals surface area contributed by atoms with Gasteiger partial charge in [-0.25, -0.2) is 4.79 Å². The predicted octanol–water partition coefficient (Wildman–Crippen LogP) is 4.06. The van der Waals surface area contributed by atoms with Crippen LogP contribution in [0.3, 0.4) is 0 Å². The van der Waals surface area contributed by atoms with Gasteiger partial charge in [-0.15, -0.1) is 0 Å². The third-order valence-electron chi connectivity index (χ3n) is 3.63. The molecule has 1 unspecified atom stereocenters. The summed E-state index contributed by atoms with van der Waals surface area (Å²) < 4.78 is 5.66. The Hall–Kier alpha value is -2.53. The second-order valence-electron chi connectivity index (χ2n) is 5.44. The lowest BCUT2D eigenvalue weighted by Crippen LogP contribution is -2.30. The highest BCUT2D eigenvalue weighted by Gasteiger charge is 2.18. The molecule has 0 heterocycles. The third kappa shape index (κ3) is 4.06. The summed E-state index contributed by atoms with van der Waals surface area (Å²) in [4.78, 5) is 23.5. The first-order chi connectivity index (χ1) is 11.3. The molecule has 0 saturated heterocycles. The normalized spacial score (nSPS) is 11.7. The number of aromatic carboxylic acids is 1. The average Bonchev–Trinajstić information content (AvgIpc) is 2.51. The van der Waals surface area contributed by atoms with Crippen molar-refractivity contribution in [2.75, 3.05) is 5.32 Å². The highest BCUT2D eigenvalue weighted by Crippen LogP contribution is 2.24. The molecular formula is C18H18ClNO4. The molecule has 1 amide bonds. The van der Waals surface area contributed by atoms with E-state index in [9.17, 15) is 9.59 Å². The molecule has 2 rings (SSSR count). The van der Waals surface area contributed by atoms with Gasteiger partial charge in [0.1, 0.15) is 5.75 Å². The Morgan fingerprint density at radius 2 is 1.92 bits per heavy atom. The quantitative estimate of drug-likeness (QED) is 0.855. The summed E-state index contributed by atoms with van der Waals surface area (Å²) in [6.45, 7) is 5.11. The van der Waals surface area contributed by atoms with E-state index in [1.165, 1.54) is 6.07 Å². The fourth-order valence-corrected chi connectivity index (χ4v) is 2.45.